The Balaban J connectivity index is 2.62. The van der Waals surface area contributed by atoms with E-state index in [1.165, 1.54) is 5.56 Å². The van der Waals surface area contributed by atoms with Crippen LogP contribution in [0.5, 0.6) is 5.75 Å². The molecule has 1 aromatic rings. The predicted octanol–water partition coefficient (Wildman–Crippen LogP) is 2.16. The Morgan fingerprint density at radius 3 is 2.32 bits per heavy atom. The molecular weight excluding hydrogens is 244 g/mol. The van der Waals surface area contributed by atoms with Gasteiger partial charge >= 0.3 is 6.03 Å². The average Bonchev–Trinajstić information content (AvgIpc) is 2.37. The highest BCUT2D eigenvalue weighted by atomic mass is 16.5. The van der Waals surface area contributed by atoms with E-state index in [4.69, 9.17) is 10.5 Å². The van der Waals surface area contributed by atoms with E-state index in [-0.39, 0.29) is 0 Å². The van der Waals surface area contributed by atoms with Gasteiger partial charge in [-0.25, -0.2) is 4.79 Å². The zero-order chi connectivity index (χ0) is 14.4. The Hall–Kier alpha value is -2.04. The number of carbonyl (C=O) groups excluding carboxylic acids is 2. The summed E-state index contributed by atoms with van der Waals surface area (Å²) < 4.78 is 5.43. The Morgan fingerprint density at radius 1 is 1.26 bits per heavy atom. The topological polar surface area (TPSA) is 81.4 Å². The fourth-order valence-corrected chi connectivity index (χ4v) is 1.59. The minimum atomic E-state index is -0.882. The maximum atomic E-state index is 11.4. The van der Waals surface area contributed by atoms with Gasteiger partial charge in [0, 0.05) is 0 Å². The van der Waals surface area contributed by atoms with Crippen LogP contribution in [0.3, 0.4) is 0 Å². The van der Waals surface area contributed by atoms with Crippen LogP contribution < -0.4 is 15.8 Å². The van der Waals surface area contributed by atoms with Crippen LogP contribution in [0.2, 0.25) is 0 Å². The molecule has 0 heterocycles. The first-order chi connectivity index (χ1) is 8.93. The second-order valence-electron chi connectivity index (χ2n) is 4.49. The number of nitrogens with two attached hydrogens (primary N) is 1. The van der Waals surface area contributed by atoms with Crippen molar-refractivity contribution >= 4 is 11.9 Å². The van der Waals surface area contributed by atoms with Crippen LogP contribution in [-0.2, 0) is 4.79 Å². The predicted molar refractivity (Wildman–Crippen MR) is 73.0 cm³/mol. The minimum absolute atomic E-state index is 0.490. The summed E-state index contributed by atoms with van der Waals surface area (Å²) in [7, 11) is 0. The summed E-state index contributed by atoms with van der Waals surface area (Å²) in [5.74, 6) is 0.516. The van der Waals surface area contributed by atoms with Gasteiger partial charge in [-0.1, -0.05) is 26.0 Å². The molecule has 1 rings (SSSR count). The van der Waals surface area contributed by atoms with E-state index < -0.39 is 18.0 Å². The first-order valence-electron chi connectivity index (χ1n) is 6.31. The van der Waals surface area contributed by atoms with Crippen LogP contribution in [0.15, 0.2) is 24.3 Å². The van der Waals surface area contributed by atoms with Crippen molar-refractivity contribution in [3.63, 3.8) is 0 Å². The van der Waals surface area contributed by atoms with Gasteiger partial charge in [-0.05, 0) is 37.0 Å². The summed E-state index contributed by atoms with van der Waals surface area (Å²) >= 11 is 0. The molecule has 3 N–H and O–H groups in total. The number of urea groups is 1. The normalized spacial score (nSPS) is 13.4. The lowest BCUT2D eigenvalue weighted by molar-refractivity contribution is -0.126. The molecule has 0 spiro atoms. The zero-order valence-corrected chi connectivity index (χ0v) is 11.5. The number of carbonyl (C=O) groups is 2. The third-order valence-corrected chi connectivity index (χ3v) is 2.99. The molecule has 2 unspecified atom stereocenters. The maximum absolute atomic E-state index is 11.4. The molecule has 104 valence electrons. The number of imide groups is 1. The summed E-state index contributed by atoms with van der Waals surface area (Å²) in [6, 6.07) is 6.70. The highest BCUT2D eigenvalue weighted by molar-refractivity contribution is 5.95. The van der Waals surface area contributed by atoms with E-state index in [0.29, 0.717) is 11.7 Å². The number of benzene rings is 1. The Bertz CT molecular complexity index is 443. The highest BCUT2D eigenvalue weighted by Crippen LogP contribution is 2.21. The van der Waals surface area contributed by atoms with Gasteiger partial charge in [-0.15, -0.1) is 0 Å². The monoisotopic (exact) mass is 264 g/mol. The summed E-state index contributed by atoms with van der Waals surface area (Å²) in [4.78, 5) is 22.0. The van der Waals surface area contributed by atoms with Gasteiger partial charge in [0.15, 0.2) is 6.10 Å². The molecule has 0 bridgehead atoms. The third kappa shape index (κ3) is 4.62. The fraction of sp³-hybridized carbons (Fsp3) is 0.429. The molecule has 2 atom stereocenters. The van der Waals surface area contributed by atoms with Crippen molar-refractivity contribution in [2.45, 2.75) is 39.2 Å². The Kier molecular flexibility index (Phi) is 5.36. The van der Waals surface area contributed by atoms with Crippen LogP contribution in [0.4, 0.5) is 4.79 Å². The number of ether oxygens (including phenoxy) is 1. The van der Waals surface area contributed by atoms with Gasteiger partial charge in [0.2, 0.25) is 0 Å². The van der Waals surface area contributed by atoms with Crippen LogP contribution in [0, 0.1) is 0 Å². The lowest BCUT2D eigenvalue weighted by Gasteiger charge is -2.14. The lowest BCUT2D eigenvalue weighted by atomic mass is 9.99. The van der Waals surface area contributed by atoms with Crippen LogP contribution >= 0.6 is 0 Å². The molecule has 0 fully saturated rings. The summed E-state index contributed by atoms with van der Waals surface area (Å²) in [5, 5.41) is 1.98. The maximum Gasteiger partial charge on any atom is 0.318 e. The van der Waals surface area contributed by atoms with Crippen LogP contribution in [-0.4, -0.2) is 18.0 Å². The average molecular weight is 264 g/mol. The number of rotatable bonds is 5. The number of hydrogen-bond acceptors (Lipinski definition) is 3. The molecule has 19 heavy (non-hydrogen) atoms. The molecule has 1 aromatic carbocycles. The zero-order valence-electron chi connectivity index (χ0n) is 11.5. The molecule has 5 heteroatoms. The van der Waals surface area contributed by atoms with Crippen molar-refractivity contribution in [1.29, 1.82) is 0 Å². The molecule has 5 nitrogen and oxygen atoms in total. The number of primary amides is 1. The van der Waals surface area contributed by atoms with E-state index >= 15 is 0 Å². The summed E-state index contributed by atoms with van der Waals surface area (Å²) in [5.41, 5.74) is 6.09. The lowest BCUT2D eigenvalue weighted by Crippen LogP contribution is -2.42. The molecule has 0 aliphatic carbocycles. The molecule has 0 saturated carbocycles. The molecule has 0 aliphatic rings. The molecule has 0 aliphatic heterocycles. The first kappa shape index (κ1) is 15.0. The Morgan fingerprint density at radius 2 is 1.84 bits per heavy atom. The van der Waals surface area contributed by atoms with Gasteiger partial charge < -0.3 is 10.5 Å². The summed E-state index contributed by atoms with van der Waals surface area (Å²) in [6.07, 6.45) is 0.291. The number of amides is 3. The minimum Gasteiger partial charge on any atom is -0.481 e. The Labute approximate surface area is 113 Å². The highest BCUT2D eigenvalue weighted by Gasteiger charge is 2.16. The smallest absolute Gasteiger partial charge is 0.318 e. The van der Waals surface area contributed by atoms with Gasteiger partial charge in [-0.3, -0.25) is 10.1 Å². The molecular formula is C14H20N2O3. The molecule has 0 aromatic heterocycles. The van der Waals surface area contributed by atoms with Crippen LogP contribution in [0.1, 0.15) is 38.7 Å². The van der Waals surface area contributed by atoms with E-state index in [0.717, 1.165) is 6.42 Å². The van der Waals surface area contributed by atoms with Crippen molar-refractivity contribution in [2.24, 2.45) is 5.73 Å². The molecule has 0 radical (unpaired) electrons. The van der Waals surface area contributed by atoms with Crippen molar-refractivity contribution in [2.75, 3.05) is 0 Å². The van der Waals surface area contributed by atoms with Crippen molar-refractivity contribution in [1.82, 2.24) is 5.32 Å². The fourth-order valence-electron chi connectivity index (χ4n) is 1.59. The second kappa shape index (κ2) is 6.78. The van der Waals surface area contributed by atoms with E-state index in [1.54, 1.807) is 6.92 Å². The largest absolute Gasteiger partial charge is 0.481 e. The van der Waals surface area contributed by atoms with Crippen molar-refractivity contribution in [3.05, 3.63) is 29.8 Å². The second-order valence-corrected chi connectivity index (χ2v) is 4.49. The van der Waals surface area contributed by atoms with E-state index in [1.807, 2.05) is 29.6 Å². The standard InChI is InChI=1S/C14H20N2O3/c1-4-9(2)11-5-7-12(8-6-11)19-10(3)13(17)16-14(15)18/h5-10H,4H2,1-3H3,(H3,15,16,17,18). The summed E-state index contributed by atoms with van der Waals surface area (Å²) in [6.45, 7) is 5.84. The van der Waals surface area contributed by atoms with Gasteiger partial charge in [-0.2, -0.15) is 0 Å². The first-order valence-corrected chi connectivity index (χ1v) is 6.31. The van der Waals surface area contributed by atoms with Crippen molar-refractivity contribution < 1.29 is 14.3 Å². The van der Waals surface area contributed by atoms with Gasteiger partial charge in [0.25, 0.3) is 5.91 Å². The van der Waals surface area contributed by atoms with E-state index in [2.05, 4.69) is 13.8 Å². The number of hydrogen-bond donors (Lipinski definition) is 2. The van der Waals surface area contributed by atoms with E-state index in [9.17, 15) is 9.59 Å². The molecule has 0 saturated heterocycles. The SMILES string of the molecule is CCC(C)c1ccc(OC(C)C(=O)NC(N)=O)cc1. The van der Waals surface area contributed by atoms with Crippen molar-refractivity contribution in [3.8, 4) is 5.75 Å². The van der Waals surface area contributed by atoms with Gasteiger partial charge in [0.05, 0.1) is 0 Å². The third-order valence-electron chi connectivity index (χ3n) is 2.99. The quantitative estimate of drug-likeness (QED) is 0.855. The van der Waals surface area contributed by atoms with Crippen LogP contribution in [0.25, 0.3) is 0 Å². The number of nitrogens with one attached hydrogen (secondary N) is 1. The van der Waals surface area contributed by atoms with Gasteiger partial charge in [0.1, 0.15) is 5.75 Å². The molecule has 3 amide bonds.